The normalized spacial score (nSPS) is 23.8. The lowest BCUT2D eigenvalue weighted by Gasteiger charge is -2.44. The van der Waals surface area contributed by atoms with Crippen LogP contribution in [0.1, 0.15) is 11.1 Å². The summed E-state index contributed by atoms with van der Waals surface area (Å²) in [6.07, 6.45) is 0. The smallest absolute Gasteiger partial charge is 0.330 e. The van der Waals surface area contributed by atoms with Crippen LogP contribution in [0.5, 0.6) is 0 Å². The van der Waals surface area contributed by atoms with Gasteiger partial charge in [-0.05, 0) is 12.5 Å². The average Bonchev–Trinajstić information content (AvgIpc) is 2.92. The second-order valence-corrected chi connectivity index (χ2v) is 6.90. The number of alkyl halides is 1. The minimum absolute atomic E-state index is 0.00548. The third-order valence-electron chi connectivity index (χ3n) is 3.91. The number of β-lactam (4-membered cyclic amide) rings is 1. The molecule has 1 aromatic carbocycles. The third-order valence-corrected chi connectivity index (χ3v) is 5.54. The summed E-state index contributed by atoms with van der Waals surface area (Å²) < 4.78 is 0. The van der Waals surface area contributed by atoms with Gasteiger partial charge in [-0.15, -0.1) is 11.6 Å². The molecule has 1 fully saturated rings. The van der Waals surface area contributed by atoms with Crippen LogP contribution in [-0.2, 0) is 9.59 Å². The van der Waals surface area contributed by atoms with Gasteiger partial charge < -0.3 is 10.0 Å². The second-order valence-electron chi connectivity index (χ2n) is 5.53. The highest BCUT2D eigenvalue weighted by Crippen LogP contribution is 2.42. The van der Waals surface area contributed by atoms with Crippen molar-refractivity contribution in [3.05, 3.63) is 47.5 Å². The fraction of sp³-hybridized carbons (Fsp3) is 0.312. The van der Waals surface area contributed by atoms with E-state index in [4.69, 9.17) is 11.6 Å². The number of rotatable bonds is 5. The molecule has 0 aromatic heterocycles. The molecule has 1 aromatic rings. The Morgan fingerprint density at radius 1 is 1.48 bits per heavy atom. The summed E-state index contributed by atoms with van der Waals surface area (Å²) in [7, 11) is 0. The first-order valence-corrected chi connectivity index (χ1v) is 8.45. The van der Waals surface area contributed by atoms with Crippen molar-refractivity contribution in [2.75, 3.05) is 5.88 Å². The first-order valence-electron chi connectivity index (χ1n) is 7.04. The average molecular weight is 351 g/mol. The molecular weight excluding hydrogens is 336 g/mol. The number of likely N-dealkylation sites (tertiary alicyclic amines) is 1. The molecule has 7 heteroatoms. The van der Waals surface area contributed by atoms with Crippen LogP contribution in [0.25, 0.3) is 0 Å². The number of thioether (sulfide) groups is 1. The number of hydrogen-bond acceptors (Lipinski definition) is 4. The molecule has 3 unspecified atom stereocenters. The molecular formula is C16H15ClN2O3S. The van der Waals surface area contributed by atoms with Gasteiger partial charge in [-0.1, -0.05) is 48.2 Å². The molecule has 5 nitrogen and oxygen atoms in total. The van der Waals surface area contributed by atoms with Crippen LogP contribution in [0.3, 0.4) is 0 Å². The Balaban J connectivity index is 1.82. The van der Waals surface area contributed by atoms with Crippen LogP contribution < -0.4 is 0 Å². The largest absolute Gasteiger partial charge is 0.479 e. The Morgan fingerprint density at radius 3 is 2.70 bits per heavy atom. The summed E-state index contributed by atoms with van der Waals surface area (Å²) in [5.74, 6) is -1.41. The molecule has 2 aliphatic rings. The molecule has 0 radical (unpaired) electrons. The molecule has 23 heavy (non-hydrogen) atoms. The first kappa shape index (κ1) is 16.1. The Kier molecular flexibility index (Phi) is 4.21. The minimum Gasteiger partial charge on any atom is -0.479 e. The zero-order valence-corrected chi connectivity index (χ0v) is 14.0. The summed E-state index contributed by atoms with van der Waals surface area (Å²) >= 11 is 7.12. The number of carbonyl (C=O) groups is 2. The lowest BCUT2D eigenvalue weighted by Crippen LogP contribution is -2.66. The molecule has 0 saturated carbocycles. The molecule has 2 aliphatic heterocycles. The topological polar surface area (TPSA) is 70.0 Å². The van der Waals surface area contributed by atoms with Crippen molar-refractivity contribution < 1.29 is 14.7 Å². The van der Waals surface area contributed by atoms with Crippen molar-refractivity contribution >= 4 is 40.3 Å². The van der Waals surface area contributed by atoms with Gasteiger partial charge >= 0.3 is 5.97 Å². The van der Waals surface area contributed by atoms with E-state index < -0.39 is 18.1 Å². The van der Waals surface area contributed by atoms with E-state index in [1.807, 2.05) is 31.2 Å². The highest BCUT2D eigenvalue weighted by molar-refractivity contribution is 8.15. The number of benzene rings is 1. The molecule has 0 aliphatic carbocycles. The summed E-state index contributed by atoms with van der Waals surface area (Å²) in [6.45, 7) is 5.68. The fourth-order valence-electron chi connectivity index (χ4n) is 2.66. The van der Waals surface area contributed by atoms with E-state index in [2.05, 4.69) is 11.6 Å². The van der Waals surface area contributed by atoms with Gasteiger partial charge in [0.05, 0.1) is 0 Å². The lowest BCUT2D eigenvalue weighted by molar-refractivity contribution is -0.157. The van der Waals surface area contributed by atoms with E-state index in [1.165, 1.54) is 16.7 Å². The third kappa shape index (κ3) is 2.66. The van der Waals surface area contributed by atoms with Crippen molar-refractivity contribution in [3.63, 3.8) is 0 Å². The number of fused-ring (bicyclic) bond motifs is 1. The molecule has 0 spiro atoms. The van der Waals surface area contributed by atoms with Crippen molar-refractivity contribution in [1.82, 2.24) is 4.90 Å². The van der Waals surface area contributed by atoms with Crippen LogP contribution in [0.4, 0.5) is 0 Å². The molecule has 0 bridgehead atoms. The Morgan fingerprint density at radius 2 is 2.13 bits per heavy atom. The summed E-state index contributed by atoms with van der Waals surface area (Å²) in [5, 5.41) is 9.86. The van der Waals surface area contributed by atoms with E-state index in [9.17, 15) is 14.7 Å². The van der Waals surface area contributed by atoms with Crippen molar-refractivity contribution in [2.45, 2.75) is 24.4 Å². The van der Waals surface area contributed by atoms with Crippen LogP contribution in [0, 0.1) is 6.92 Å². The van der Waals surface area contributed by atoms with Crippen LogP contribution in [0.2, 0.25) is 0 Å². The Labute approximate surface area is 143 Å². The van der Waals surface area contributed by atoms with Crippen molar-refractivity contribution in [3.8, 4) is 0 Å². The van der Waals surface area contributed by atoms with Gasteiger partial charge in [0, 0.05) is 11.4 Å². The molecule has 3 atom stereocenters. The van der Waals surface area contributed by atoms with Gasteiger partial charge in [-0.2, -0.15) is 0 Å². The zero-order chi connectivity index (χ0) is 16.7. The molecule has 2 heterocycles. The van der Waals surface area contributed by atoms with E-state index in [0.29, 0.717) is 5.57 Å². The SMILES string of the molecule is C=C(CCl)C(C(=O)O)N1C(=O)C2N=C(c3ccc(C)cc3)SC21. The Bertz CT molecular complexity index is 717. The van der Waals surface area contributed by atoms with Gasteiger partial charge in [0.2, 0.25) is 0 Å². The predicted molar refractivity (Wildman–Crippen MR) is 91.0 cm³/mol. The molecule has 3 rings (SSSR count). The number of hydrogen-bond donors (Lipinski definition) is 1. The quantitative estimate of drug-likeness (QED) is 0.502. The molecule has 120 valence electrons. The van der Waals surface area contributed by atoms with Crippen LogP contribution >= 0.6 is 23.4 Å². The van der Waals surface area contributed by atoms with Gasteiger partial charge in [-0.25, -0.2) is 4.79 Å². The first-order chi connectivity index (χ1) is 10.9. The molecule has 1 N–H and O–H groups in total. The van der Waals surface area contributed by atoms with Gasteiger partial charge in [0.25, 0.3) is 5.91 Å². The van der Waals surface area contributed by atoms with E-state index >= 15 is 0 Å². The monoisotopic (exact) mass is 350 g/mol. The number of carbonyl (C=O) groups excluding carboxylic acids is 1. The number of aryl methyl sites for hydroxylation is 1. The number of halogens is 1. The number of carboxylic acids is 1. The number of nitrogens with zero attached hydrogens (tertiary/aromatic N) is 2. The van der Waals surface area contributed by atoms with Gasteiger partial charge in [0.15, 0.2) is 12.1 Å². The number of aliphatic imine (C=N–C) groups is 1. The van der Waals surface area contributed by atoms with Crippen molar-refractivity contribution in [1.29, 1.82) is 0 Å². The maximum absolute atomic E-state index is 12.3. The number of carboxylic acid groups (broad SMARTS) is 1. The molecule has 1 amide bonds. The summed E-state index contributed by atoms with van der Waals surface area (Å²) in [5.41, 5.74) is 2.38. The van der Waals surface area contributed by atoms with E-state index in [1.54, 1.807) is 0 Å². The minimum atomic E-state index is -1.12. The number of amides is 1. The maximum Gasteiger partial charge on any atom is 0.330 e. The maximum atomic E-state index is 12.3. The van der Waals surface area contributed by atoms with E-state index in [0.717, 1.165) is 16.2 Å². The Hall–Kier alpha value is -1.79. The molecule has 1 saturated heterocycles. The van der Waals surface area contributed by atoms with Crippen molar-refractivity contribution in [2.24, 2.45) is 4.99 Å². The highest BCUT2D eigenvalue weighted by Gasteiger charge is 2.56. The fourth-order valence-corrected chi connectivity index (χ4v) is 4.12. The van der Waals surface area contributed by atoms with Gasteiger partial charge in [-0.3, -0.25) is 9.79 Å². The zero-order valence-electron chi connectivity index (χ0n) is 12.4. The van der Waals surface area contributed by atoms with E-state index in [-0.39, 0.29) is 17.2 Å². The summed E-state index contributed by atoms with van der Waals surface area (Å²) in [4.78, 5) is 29.6. The number of aliphatic carboxylic acids is 1. The summed E-state index contributed by atoms with van der Waals surface area (Å²) in [6, 6.07) is 6.25. The highest BCUT2D eigenvalue weighted by atomic mass is 35.5. The van der Waals surface area contributed by atoms with Crippen LogP contribution in [-0.4, -0.2) is 50.3 Å². The lowest BCUT2D eigenvalue weighted by atomic mass is 10.00. The second kappa shape index (κ2) is 6.02. The van der Waals surface area contributed by atoms with Gasteiger partial charge in [0.1, 0.15) is 10.4 Å². The predicted octanol–water partition coefficient (Wildman–Crippen LogP) is 2.27. The standard InChI is InChI=1S/C16H15ClN2O3S/c1-8-3-5-10(6-4-8)13-18-11-14(20)19(15(11)23-13)12(16(21)22)9(2)7-17/h3-6,11-12,15H,2,7H2,1H3,(H,21,22). The van der Waals surface area contributed by atoms with Crippen LogP contribution in [0.15, 0.2) is 41.4 Å².